The van der Waals surface area contributed by atoms with E-state index in [4.69, 9.17) is 14.2 Å². The normalized spacial score (nSPS) is 17.0. The SMILES string of the molecule is C/C1=C/CCCCCCCCOc2ccc(c(C(=O)OCc3c(F)c(F)c(F)c(F)c3F)c2)OC1. The molecule has 0 unspecified atom stereocenters. The quantitative estimate of drug-likeness (QED) is 0.148. The van der Waals surface area contributed by atoms with Crippen LogP contribution in [0.25, 0.3) is 0 Å². The van der Waals surface area contributed by atoms with Crippen LogP contribution in [-0.4, -0.2) is 19.2 Å². The van der Waals surface area contributed by atoms with Crippen LogP contribution in [0.3, 0.4) is 0 Å². The smallest absolute Gasteiger partial charge is 0.342 e. The maximum atomic E-state index is 14.0. The molecule has 2 aliphatic rings. The molecule has 0 N–H and O–H groups in total. The highest BCUT2D eigenvalue weighted by atomic mass is 19.2. The van der Waals surface area contributed by atoms with Gasteiger partial charge in [0.25, 0.3) is 0 Å². The van der Waals surface area contributed by atoms with Crippen molar-refractivity contribution >= 4 is 5.97 Å². The van der Waals surface area contributed by atoms with Crippen molar-refractivity contribution in [1.82, 2.24) is 0 Å². The Labute approximate surface area is 200 Å². The predicted octanol–water partition coefficient (Wildman–Crippen LogP) is 7.19. The number of fused-ring (bicyclic) bond motifs is 13. The summed E-state index contributed by atoms with van der Waals surface area (Å²) in [5.41, 5.74) is -0.382. The van der Waals surface area contributed by atoms with E-state index in [0.29, 0.717) is 12.4 Å². The molecule has 2 aromatic rings. The van der Waals surface area contributed by atoms with Gasteiger partial charge in [0.1, 0.15) is 30.3 Å². The van der Waals surface area contributed by atoms with Crippen LogP contribution in [0.15, 0.2) is 29.8 Å². The minimum Gasteiger partial charge on any atom is -0.494 e. The highest BCUT2D eigenvalue weighted by molar-refractivity contribution is 5.93. The van der Waals surface area contributed by atoms with Crippen molar-refractivity contribution in [2.45, 2.75) is 58.5 Å². The lowest BCUT2D eigenvalue weighted by Gasteiger charge is -2.14. The number of allylic oxidation sites excluding steroid dienone is 1. The van der Waals surface area contributed by atoms with Crippen molar-refractivity contribution in [3.05, 3.63) is 70.1 Å². The Morgan fingerprint density at radius 1 is 0.857 bits per heavy atom. The molecule has 190 valence electrons. The summed E-state index contributed by atoms with van der Waals surface area (Å²) in [4.78, 5) is 12.8. The number of benzene rings is 2. The average molecular weight is 498 g/mol. The zero-order valence-corrected chi connectivity index (χ0v) is 19.4. The summed E-state index contributed by atoms with van der Waals surface area (Å²) in [6, 6.07) is 4.50. The Morgan fingerprint density at radius 2 is 1.49 bits per heavy atom. The van der Waals surface area contributed by atoms with Gasteiger partial charge < -0.3 is 14.2 Å². The molecule has 2 aromatic carbocycles. The zero-order valence-electron chi connectivity index (χ0n) is 19.4. The van der Waals surface area contributed by atoms with Gasteiger partial charge in [-0.05, 0) is 50.0 Å². The van der Waals surface area contributed by atoms with Gasteiger partial charge in [-0.2, -0.15) is 0 Å². The fourth-order valence-electron chi connectivity index (χ4n) is 3.62. The predicted molar refractivity (Wildman–Crippen MR) is 119 cm³/mol. The number of hydrogen-bond donors (Lipinski definition) is 0. The summed E-state index contributed by atoms with van der Waals surface area (Å²) >= 11 is 0. The van der Waals surface area contributed by atoms with Crippen LogP contribution in [0.5, 0.6) is 11.5 Å². The van der Waals surface area contributed by atoms with Crippen molar-refractivity contribution in [1.29, 1.82) is 0 Å². The molecule has 0 aliphatic carbocycles. The van der Waals surface area contributed by atoms with Crippen LogP contribution in [-0.2, 0) is 11.3 Å². The third-order valence-electron chi connectivity index (χ3n) is 5.63. The van der Waals surface area contributed by atoms with Crippen LogP contribution in [0.2, 0.25) is 0 Å². The maximum Gasteiger partial charge on any atom is 0.342 e. The molecule has 0 fully saturated rings. The number of carbonyl (C=O) groups is 1. The largest absolute Gasteiger partial charge is 0.494 e. The molecule has 35 heavy (non-hydrogen) atoms. The first-order chi connectivity index (χ1) is 16.8. The van der Waals surface area contributed by atoms with E-state index in [9.17, 15) is 26.7 Å². The molecule has 4 nitrogen and oxygen atoms in total. The van der Waals surface area contributed by atoms with Crippen molar-refractivity contribution < 1.29 is 41.0 Å². The van der Waals surface area contributed by atoms with E-state index in [2.05, 4.69) is 6.08 Å². The highest BCUT2D eigenvalue weighted by Gasteiger charge is 2.27. The molecule has 0 amide bonds. The van der Waals surface area contributed by atoms with Crippen LogP contribution >= 0.6 is 0 Å². The summed E-state index contributed by atoms with van der Waals surface area (Å²) in [6.45, 7) is 1.36. The van der Waals surface area contributed by atoms with Gasteiger partial charge in [-0.3, -0.25) is 0 Å². The van der Waals surface area contributed by atoms with E-state index in [1.807, 2.05) is 6.92 Å². The third kappa shape index (κ3) is 6.96. The first-order valence-corrected chi connectivity index (χ1v) is 11.5. The van der Waals surface area contributed by atoms with Gasteiger partial charge in [0, 0.05) is 0 Å². The molecule has 0 atom stereocenters. The maximum absolute atomic E-state index is 14.0. The lowest BCUT2D eigenvalue weighted by Crippen LogP contribution is -2.13. The van der Waals surface area contributed by atoms with E-state index < -0.39 is 47.2 Å². The molecular weight excluding hydrogens is 471 g/mol. The van der Waals surface area contributed by atoms with Crippen molar-refractivity contribution in [2.24, 2.45) is 0 Å². The van der Waals surface area contributed by atoms with E-state index in [0.717, 1.165) is 50.5 Å². The highest BCUT2D eigenvalue weighted by Crippen LogP contribution is 2.28. The van der Waals surface area contributed by atoms with Crippen LogP contribution in [0.1, 0.15) is 67.8 Å². The first kappa shape index (κ1) is 26.5. The minimum absolute atomic E-state index is 0.0940. The Hall–Kier alpha value is -3.10. The standard InChI is InChI=1S/C26H27F5O4/c1-16-9-7-5-3-2-4-6-8-12-33-17-10-11-20(34-14-16)18(13-17)26(32)35-15-19-21(27)23(29)25(31)24(30)22(19)28/h9-11,13H,2-8,12,14-15H2,1H3/b16-9-. The molecule has 2 bridgehead atoms. The van der Waals surface area contributed by atoms with E-state index in [1.165, 1.54) is 12.1 Å². The molecular formula is C26H27F5O4. The van der Waals surface area contributed by atoms with Gasteiger partial charge in [0.15, 0.2) is 23.3 Å². The topological polar surface area (TPSA) is 44.8 Å². The summed E-state index contributed by atoms with van der Waals surface area (Å²) in [5.74, 6) is -11.2. The Balaban J connectivity index is 1.82. The number of ether oxygens (including phenoxy) is 3. The molecule has 0 saturated heterocycles. The second-order valence-electron chi connectivity index (χ2n) is 8.38. The monoisotopic (exact) mass is 498 g/mol. The van der Waals surface area contributed by atoms with Crippen molar-refractivity contribution in [3.63, 3.8) is 0 Å². The van der Waals surface area contributed by atoms with Crippen molar-refractivity contribution in [2.75, 3.05) is 13.2 Å². The van der Waals surface area contributed by atoms with Crippen LogP contribution in [0, 0.1) is 29.1 Å². The van der Waals surface area contributed by atoms with Crippen molar-refractivity contribution in [3.8, 4) is 11.5 Å². The van der Waals surface area contributed by atoms with Gasteiger partial charge in [-0.1, -0.05) is 31.8 Å². The molecule has 0 saturated carbocycles. The van der Waals surface area contributed by atoms with Gasteiger partial charge in [-0.25, -0.2) is 26.7 Å². The zero-order chi connectivity index (χ0) is 25.4. The average Bonchev–Trinajstić information content (AvgIpc) is 2.86. The van der Waals surface area contributed by atoms with E-state index in [-0.39, 0.29) is 17.9 Å². The Bertz CT molecular complexity index is 1050. The van der Waals surface area contributed by atoms with Gasteiger partial charge in [0.2, 0.25) is 5.82 Å². The summed E-state index contributed by atoms with van der Waals surface area (Å²) in [7, 11) is 0. The molecule has 2 heterocycles. The molecule has 2 aliphatic heterocycles. The second-order valence-corrected chi connectivity index (χ2v) is 8.38. The summed E-state index contributed by atoms with van der Waals surface area (Å²) in [6.07, 6.45) is 9.27. The number of hydrogen-bond acceptors (Lipinski definition) is 4. The fraction of sp³-hybridized carbons (Fsp3) is 0.423. The molecule has 4 rings (SSSR count). The minimum atomic E-state index is -2.28. The molecule has 0 aromatic heterocycles. The molecule has 0 spiro atoms. The lowest BCUT2D eigenvalue weighted by atomic mass is 10.1. The number of halogens is 5. The molecule has 0 radical (unpaired) electrons. The summed E-state index contributed by atoms with van der Waals surface area (Å²) in [5, 5.41) is 0. The summed E-state index contributed by atoms with van der Waals surface area (Å²) < 4.78 is 84.5. The fourth-order valence-corrected chi connectivity index (χ4v) is 3.62. The van der Waals surface area contributed by atoms with E-state index in [1.54, 1.807) is 6.07 Å². The molecule has 9 heteroatoms. The van der Waals surface area contributed by atoms with Crippen LogP contribution < -0.4 is 9.47 Å². The van der Waals surface area contributed by atoms with Gasteiger partial charge in [-0.15, -0.1) is 0 Å². The van der Waals surface area contributed by atoms with Crippen LogP contribution in [0.4, 0.5) is 22.0 Å². The number of carbonyl (C=O) groups excluding carboxylic acids is 1. The second kappa shape index (κ2) is 12.6. The van der Waals surface area contributed by atoms with E-state index >= 15 is 0 Å². The van der Waals surface area contributed by atoms with Gasteiger partial charge >= 0.3 is 5.97 Å². The lowest BCUT2D eigenvalue weighted by molar-refractivity contribution is 0.0457. The van der Waals surface area contributed by atoms with Gasteiger partial charge in [0.05, 0.1) is 12.2 Å². The Kier molecular flexibility index (Phi) is 9.51. The first-order valence-electron chi connectivity index (χ1n) is 11.5. The Morgan fingerprint density at radius 3 is 2.20 bits per heavy atom. The number of esters is 1. The number of rotatable bonds is 3. The third-order valence-corrected chi connectivity index (χ3v) is 5.63.